The van der Waals surface area contributed by atoms with E-state index in [1.165, 1.54) is 25.2 Å². The summed E-state index contributed by atoms with van der Waals surface area (Å²) in [6.45, 7) is 5.55. The fourth-order valence-electron chi connectivity index (χ4n) is 0.637. The summed E-state index contributed by atoms with van der Waals surface area (Å²) >= 11 is 0. The Morgan fingerprint density at radius 2 is 1.31 bits per heavy atom. The lowest BCUT2D eigenvalue weighted by Gasteiger charge is -1.90. The molecule has 0 unspecified atom stereocenters. The van der Waals surface area contributed by atoms with E-state index >= 15 is 0 Å². The molecule has 0 aromatic heterocycles. The molecule has 1 aromatic carbocycles. The van der Waals surface area contributed by atoms with Crippen LogP contribution in [0.15, 0.2) is 24.3 Å². The highest BCUT2D eigenvalue weighted by molar-refractivity contribution is 5.65. The fraction of sp³-hybridized carbons (Fsp3) is 0.364. The number of esters is 1. The molecule has 0 aliphatic rings. The van der Waals surface area contributed by atoms with E-state index in [4.69, 9.17) is 0 Å². The molecule has 0 N–H and O–H groups in total. The van der Waals surface area contributed by atoms with Gasteiger partial charge in [0.25, 0.3) is 0 Å². The van der Waals surface area contributed by atoms with E-state index in [9.17, 15) is 4.79 Å². The van der Waals surface area contributed by atoms with Gasteiger partial charge in [-0.2, -0.15) is 0 Å². The molecule has 0 spiro atoms. The molecule has 0 fully saturated rings. The van der Waals surface area contributed by atoms with Crippen molar-refractivity contribution in [1.29, 1.82) is 0 Å². The molecule has 0 atom stereocenters. The number of rotatable bonds is 0. The standard InChI is InChI=1S/C8H10.C3H6O2/c1-7-3-5-8(2)6-4-7;1-3(4)5-2/h3-6H,1-2H3;1-2H3. The Morgan fingerprint density at radius 1 is 1.08 bits per heavy atom. The number of methoxy groups -OCH3 is 1. The molecule has 2 heteroatoms. The molecule has 0 amide bonds. The molecule has 0 saturated heterocycles. The molecule has 0 bridgehead atoms. The SMILES string of the molecule is COC(C)=O.Cc1ccc(C)cc1. The van der Waals surface area contributed by atoms with Crippen LogP contribution in [-0.2, 0) is 9.53 Å². The minimum Gasteiger partial charge on any atom is -0.469 e. The summed E-state index contributed by atoms with van der Waals surface area (Å²) in [5.74, 6) is -0.245. The van der Waals surface area contributed by atoms with Crippen molar-refractivity contribution in [3.63, 3.8) is 0 Å². The number of hydrogen-bond donors (Lipinski definition) is 0. The van der Waals surface area contributed by atoms with Crippen LogP contribution in [-0.4, -0.2) is 13.1 Å². The molecule has 0 saturated carbocycles. The fourth-order valence-corrected chi connectivity index (χ4v) is 0.637. The smallest absolute Gasteiger partial charge is 0.302 e. The summed E-state index contributed by atoms with van der Waals surface area (Å²) in [6.07, 6.45) is 0. The molecule has 72 valence electrons. The molecule has 0 heterocycles. The maximum Gasteiger partial charge on any atom is 0.302 e. The van der Waals surface area contributed by atoms with Gasteiger partial charge in [0, 0.05) is 6.92 Å². The van der Waals surface area contributed by atoms with Crippen LogP contribution in [0.4, 0.5) is 0 Å². The lowest BCUT2D eigenvalue weighted by atomic mass is 10.2. The van der Waals surface area contributed by atoms with Gasteiger partial charge in [-0.25, -0.2) is 0 Å². The topological polar surface area (TPSA) is 26.3 Å². The summed E-state index contributed by atoms with van der Waals surface area (Å²) in [4.78, 5) is 9.59. The van der Waals surface area contributed by atoms with Gasteiger partial charge in [0.05, 0.1) is 7.11 Å². The van der Waals surface area contributed by atoms with Crippen LogP contribution in [0.5, 0.6) is 0 Å². The Bertz CT molecular complexity index is 228. The maximum atomic E-state index is 9.59. The second kappa shape index (κ2) is 6.23. The maximum absolute atomic E-state index is 9.59. The third kappa shape index (κ3) is 7.06. The van der Waals surface area contributed by atoms with E-state index in [1.54, 1.807) is 0 Å². The number of hydrogen-bond acceptors (Lipinski definition) is 2. The van der Waals surface area contributed by atoms with Gasteiger partial charge in [-0.1, -0.05) is 35.4 Å². The van der Waals surface area contributed by atoms with E-state index in [2.05, 4.69) is 42.8 Å². The number of carbonyl (C=O) groups is 1. The molecule has 2 nitrogen and oxygen atoms in total. The van der Waals surface area contributed by atoms with Crippen molar-refractivity contribution in [3.05, 3.63) is 35.4 Å². The summed E-state index contributed by atoms with van der Waals surface area (Å²) < 4.78 is 4.11. The van der Waals surface area contributed by atoms with Crippen molar-refractivity contribution in [2.75, 3.05) is 7.11 Å². The van der Waals surface area contributed by atoms with Crippen LogP contribution < -0.4 is 0 Å². The summed E-state index contributed by atoms with van der Waals surface area (Å²) in [5, 5.41) is 0. The van der Waals surface area contributed by atoms with Gasteiger partial charge in [-0.3, -0.25) is 4.79 Å². The summed E-state index contributed by atoms with van der Waals surface area (Å²) in [5.41, 5.74) is 2.66. The largest absolute Gasteiger partial charge is 0.469 e. The van der Waals surface area contributed by atoms with Gasteiger partial charge >= 0.3 is 5.97 Å². The van der Waals surface area contributed by atoms with Gasteiger partial charge in [-0.15, -0.1) is 0 Å². The van der Waals surface area contributed by atoms with Crippen molar-refractivity contribution >= 4 is 5.97 Å². The van der Waals surface area contributed by atoms with Crippen LogP contribution >= 0.6 is 0 Å². The Morgan fingerprint density at radius 3 is 1.46 bits per heavy atom. The molecule has 0 aliphatic heterocycles. The van der Waals surface area contributed by atoms with Crippen LogP contribution in [0.3, 0.4) is 0 Å². The van der Waals surface area contributed by atoms with Crippen LogP contribution in [0.2, 0.25) is 0 Å². The Hall–Kier alpha value is -1.31. The lowest BCUT2D eigenvalue weighted by molar-refractivity contribution is -0.137. The van der Waals surface area contributed by atoms with E-state index in [-0.39, 0.29) is 5.97 Å². The Balaban J connectivity index is 0.000000252. The highest BCUT2D eigenvalue weighted by Crippen LogP contribution is 1.99. The number of benzene rings is 1. The second-order valence-corrected chi connectivity index (χ2v) is 2.85. The molecule has 13 heavy (non-hydrogen) atoms. The first kappa shape index (κ1) is 11.7. The zero-order chi connectivity index (χ0) is 10.3. The Labute approximate surface area is 79.5 Å². The van der Waals surface area contributed by atoms with Crippen LogP contribution in [0.25, 0.3) is 0 Å². The molecule has 1 aromatic rings. The van der Waals surface area contributed by atoms with Gasteiger partial charge in [-0.05, 0) is 13.8 Å². The average Bonchev–Trinajstić information content (AvgIpc) is 2.11. The highest BCUT2D eigenvalue weighted by Gasteiger charge is 1.79. The van der Waals surface area contributed by atoms with E-state index in [1.807, 2.05) is 0 Å². The van der Waals surface area contributed by atoms with Gasteiger partial charge in [0.15, 0.2) is 0 Å². The predicted octanol–water partition coefficient (Wildman–Crippen LogP) is 2.48. The summed E-state index contributed by atoms with van der Waals surface area (Å²) in [6, 6.07) is 8.48. The number of ether oxygens (including phenoxy) is 1. The minimum atomic E-state index is -0.245. The van der Waals surface area contributed by atoms with E-state index in [0.717, 1.165) is 0 Å². The van der Waals surface area contributed by atoms with Crippen molar-refractivity contribution in [2.24, 2.45) is 0 Å². The van der Waals surface area contributed by atoms with Crippen molar-refractivity contribution in [1.82, 2.24) is 0 Å². The predicted molar refractivity (Wildman–Crippen MR) is 53.6 cm³/mol. The molecule has 0 radical (unpaired) electrons. The van der Waals surface area contributed by atoms with Crippen molar-refractivity contribution < 1.29 is 9.53 Å². The number of aryl methyl sites for hydroxylation is 2. The molecule has 0 aliphatic carbocycles. The zero-order valence-electron chi connectivity index (χ0n) is 8.63. The molecular formula is C11H16O2. The van der Waals surface area contributed by atoms with Crippen molar-refractivity contribution in [2.45, 2.75) is 20.8 Å². The quantitative estimate of drug-likeness (QED) is 0.573. The Kier molecular flexibility index (Phi) is 5.60. The first-order chi connectivity index (χ1) is 6.06. The number of carbonyl (C=O) groups excluding carboxylic acids is 1. The highest BCUT2D eigenvalue weighted by atomic mass is 16.5. The van der Waals surface area contributed by atoms with Crippen molar-refractivity contribution in [3.8, 4) is 0 Å². The molecular weight excluding hydrogens is 164 g/mol. The lowest BCUT2D eigenvalue weighted by Crippen LogP contribution is -1.88. The first-order valence-corrected chi connectivity index (χ1v) is 4.14. The molecule has 1 rings (SSSR count). The first-order valence-electron chi connectivity index (χ1n) is 4.14. The average molecular weight is 180 g/mol. The normalized spacial score (nSPS) is 8.31. The van der Waals surface area contributed by atoms with Gasteiger partial charge in [0.2, 0.25) is 0 Å². The van der Waals surface area contributed by atoms with Crippen LogP contribution in [0.1, 0.15) is 18.1 Å². The van der Waals surface area contributed by atoms with Gasteiger partial charge in [0.1, 0.15) is 0 Å². The third-order valence-corrected chi connectivity index (χ3v) is 1.51. The van der Waals surface area contributed by atoms with Gasteiger partial charge < -0.3 is 4.74 Å². The van der Waals surface area contributed by atoms with E-state index < -0.39 is 0 Å². The minimum absolute atomic E-state index is 0.245. The summed E-state index contributed by atoms with van der Waals surface area (Å²) in [7, 11) is 1.35. The third-order valence-electron chi connectivity index (χ3n) is 1.51. The zero-order valence-corrected chi connectivity index (χ0v) is 8.63. The van der Waals surface area contributed by atoms with E-state index in [0.29, 0.717) is 0 Å². The van der Waals surface area contributed by atoms with Crippen LogP contribution in [0, 0.1) is 13.8 Å². The monoisotopic (exact) mass is 180 g/mol. The second-order valence-electron chi connectivity index (χ2n) is 2.85.